The summed E-state index contributed by atoms with van der Waals surface area (Å²) in [6.07, 6.45) is 0.755. The molecule has 1 aromatic carbocycles. The van der Waals surface area contributed by atoms with Crippen molar-refractivity contribution in [3.63, 3.8) is 0 Å². The van der Waals surface area contributed by atoms with Crippen LogP contribution in [0.25, 0.3) is 5.82 Å². The van der Waals surface area contributed by atoms with Crippen LogP contribution in [-0.4, -0.2) is 27.0 Å². The first-order valence-corrected chi connectivity index (χ1v) is 8.65. The summed E-state index contributed by atoms with van der Waals surface area (Å²) < 4.78 is 42.4. The van der Waals surface area contributed by atoms with E-state index >= 15 is 0 Å². The van der Waals surface area contributed by atoms with Crippen LogP contribution >= 0.6 is 0 Å². The van der Waals surface area contributed by atoms with Gasteiger partial charge in [-0.3, -0.25) is 10.3 Å². The van der Waals surface area contributed by atoms with Gasteiger partial charge in [-0.15, -0.1) is 13.2 Å². The third-order valence-electron chi connectivity index (χ3n) is 4.33. The number of nitrogens with zero attached hydrogens (tertiary/aromatic N) is 4. The predicted octanol–water partition coefficient (Wildman–Crippen LogP) is 4.04. The SMILES string of the molecule is CC1(c2ccc(OC(F)(F)F)cc2)CC(=Nc2ccc(-n3cccn3)nc2)NO1. The Hall–Kier alpha value is -3.40. The molecule has 2 aromatic heterocycles. The zero-order valence-electron chi connectivity index (χ0n) is 15.2. The van der Waals surface area contributed by atoms with Crippen molar-refractivity contribution in [2.75, 3.05) is 0 Å². The quantitative estimate of drug-likeness (QED) is 0.712. The van der Waals surface area contributed by atoms with E-state index in [2.05, 4.69) is 25.3 Å². The first-order chi connectivity index (χ1) is 13.8. The monoisotopic (exact) mass is 403 g/mol. The van der Waals surface area contributed by atoms with Gasteiger partial charge in [-0.25, -0.2) is 14.7 Å². The van der Waals surface area contributed by atoms with Gasteiger partial charge in [0.25, 0.3) is 0 Å². The molecule has 1 saturated heterocycles. The van der Waals surface area contributed by atoms with E-state index in [1.807, 2.05) is 6.92 Å². The zero-order valence-corrected chi connectivity index (χ0v) is 15.2. The molecule has 3 aromatic rings. The molecule has 0 amide bonds. The van der Waals surface area contributed by atoms with Gasteiger partial charge in [0.05, 0.1) is 11.9 Å². The number of hydroxylamine groups is 1. The van der Waals surface area contributed by atoms with Crippen molar-refractivity contribution in [3.8, 4) is 11.6 Å². The number of hydrogen-bond donors (Lipinski definition) is 1. The van der Waals surface area contributed by atoms with Gasteiger partial charge < -0.3 is 4.74 Å². The van der Waals surface area contributed by atoms with Gasteiger partial charge in [-0.1, -0.05) is 12.1 Å². The van der Waals surface area contributed by atoms with Crippen molar-refractivity contribution in [1.29, 1.82) is 0 Å². The first-order valence-electron chi connectivity index (χ1n) is 8.65. The highest BCUT2D eigenvalue weighted by atomic mass is 19.4. The summed E-state index contributed by atoms with van der Waals surface area (Å²) in [7, 11) is 0. The maximum Gasteiger partial charge on any atom is 0.573 e. The van der Waals surface area contributed by atoms with Gasteiger partial charge in [0.2, 0.25) is 0 Å². The Bertz CT molecular complexity index is 1000. The number of benzene rings is 1. The highest BCUT2D eigenvalue weighted by Gasteiger charge is 2.37. The molecule has 1 fully saturated rings. The summed E-state index contributed by atoms with van der Waals surface area (Å²) in [6, 6.07) is 11.0. The number of aromatic nitrogens is 3. The van der Waals surface area contributed by atoms with Crippen LogP contribution in [0.1, 0.15) is 18.9 Å². The van der Waals surface area contributed by atoms with Gasteiger partial charge >= 0.3 is 6.36 Å². The topological polar surface area (TPSA) is 73.6 Å². The van der Waals surface area contributed by atoms with Crippen molar-refractivity contribution < 1.29 is 22.7 Å². The predicted molar refractivity (Wildman–Crippen MR) is 97.8 cm³/mol. The van der Waals surface area contributed by atoms with Crippen molar-refractivity contribution in [3.05, 3.63) is 66.6 Å². The molecule has 10 heteroatoms. The van der Waals surface area contributed by atoms with Crippen LogP contribution in [0.2, 0.25) is 0 Å². The Labute approximate surface area is 163 Å². The maximum atomic E-state index is 12.3. The van der Waals surface area contributed by atoms with Crippen molar-refractivity contribution in [2.45, 2.75) is 25.3 Å². The molecule has 0 saturated carbocycles. The molecule has 4 rings (SSSR count). The molecular weight excluding hydrogens is 387 g/mol. The molecule has 1 aliphatic rings. The Balaban J connectivity index is 1.46. The van der Waals surface area contributed by atoms with E-state index in [0.717, 1.165) is 0 Å². The van der Waals surface area contributed by atoms with E-state index in [4.69, 9.17) is 4.84 Å². The van der Waals surface area contributed by atoms with Crippen LogP contribution in [0.5, 0.6) is 5.75 Å². The molecule has 0 radical (unpaired) electrons. The lowest BCUT2D eigenvalue weighted by atomic mass is 9.93. The molecule has 0 spiro atoms. The average molecular weight is 403 g/mol. The van der Waals surface area contributed by atoms with Gasteiger partial charge in [-0.2, -0.15) is 5.10 Å². The number of alkyl halides is 3. The van der Waals surface area contributed by atoms with Crippen LogP contribution in [0.4, 0.5) is 18.9 Å². The summed E-state index contributed by atoms with van der Waals surface area (Å²) >= 11 is 0. The summed E-state index contributed by atoms with van der Waals surface area (Å²) in [5, 5.41) is 4.11. The van der Waals surface area contributed by atoms with E-state index in [1.165, 1.54) is 24.3 Å². The standard InChI is InChI=1S/C19H16F3N5O2/c1-18(13-3-6-15(7-4-13)28-19(20,21)22)11-16(26-29-18)25-14-5-8-17(23-12-14)27-10-2-9-24-27/h2-10,12H,11H2,1H3,(H,25,26). The van der Waals surface area contributed by atoms with Crippen molar-refractivity contribution in [2.24, 2.45) is 4.99 Å². The number of halogens is 3. The van der Waals surface area contributed by atoms with Crippen LogP contribution in [0.3, 0.4) is 0 Å². The molecular formula is C19H16F3N5O2. The number of aliphatic imine (C=N–C) groups is 1. The lowest BCUT2D eigenvalue weighted by molar-refractivity contribution is -0.274. The van der Waals surface area contributed by atoms with E-state index in [1.54, 1.807) is 41.5 Å². The first kappa shape index (κ1) is 18.9. The number of hydrogen-bond acceptors (Lipinski definition) is 5. The molecule has 1 N–H and O–H groups in total. The summed E-state index contributed by atoms with van der Waals surface area (Å²) in [4.78, 5) is 14.5. The smallest absolute Gasteiger partial charge is 0.406 e. The second-order valence-corrected chi connectivity index (χ2v) is 6.57. The minimum Gasteiger partial charge on any atom is -0.406 e. The van der Waals surface area contributed by atoms with Crippen molar-refractivity contribution in [1.82, 2.24) is 20.2 Å². The van der Waals surface area contributed by atoms with E-state index in [0.29, 0.717) is 29.3 Å². The van der Waals surface area contributed by atoms with Gasteiger partial charge in [0.15, 0.2) is 5.82 Å². The number of amidine groups is 1. The Morgan fingerprint density at radius 2 is 2.00 bits per heavy atom. The van der Waals surface area contributed by atoms with E-state index < -0.39 is 12.0 Å². The normalized spacial score (nSPS) is 20.6. The van der Waals surface area contributed by atoms with Crippen LogP contribution in [0.15, 0.2) is 66.0 Å². The molecule has 29 heavy (non-hydrogen) atoms. The molecule has 0 aliphatic carbocycles. The van der Waals surface area contributed by atoms with Gasteiger partial charge in [0, 0.05) is 18.8 Å². The Kier molecular flexibility index (Phi) is 4.71. The number of ether oxygens (including phenoxy) is 1. The van der Waals surface area contributed by atoms with E-state index in [9.17, 15) is 13.2 Å². The van der Waals surface area contributed by atoms with Gasteiger partial charge in [-0.05, 0) is 42.8 Å². The molecule has 3 heterocycles. The summed E-state index contributed by atoms with van der Waals surface area (Å²) in [5.74, 6) is 0.963. The molecule has 1 atom stereocenters. The number of rotatable bonds is 4. The minimum atomic E-state index is -4.72. The van der Waals surface area contributed by atoms with E-state index in [-0.39, 0.29) is 5.75 Å². The highest BCUT2D eigenvalue weighted by molar-refractivity contribution is 5.86. The minimum absolute atomic E-state index is 0.284. The average Bonchev–Trinajstić information content (AvgIpc) is 3.33. The molecule has 0 bridgehead atoms. The van der Waals surface area contributed by atoms with Crippen LogP contribution in [-0.2, 0) is 10.4 Å². The molecule has 1 aliphatic heterocycles. The maximum absolute atomic E-state index is 12.3. The fraction of sp³-hybridized carbons (Fsp3) is 0.211. The zero-order chi connectivity index (χ0) is 20.5. The summed E-state index contributed by atoms with van der Waals surface area (Å²) in [6.45, 7) is 1.82. The van der Waals surface area contributed by atoms with Gasteiger partial charge in [0.1, 0.15) is 17.2 Å². The lowest BCUT2D eigenvalue weighted by Crippen LogP contribution is -2.22. The number of pyridine rings is 1. The van der Waals surface area contributed by atoms with Crippen molar-refractivity contribution >= 4 is 11.5 Å². The molecule has 7 nitrogen and oxygen atoms in total. The Morgan fingerprint density at radius 1 is 1.21 bits per heavy atom. The van der Waals surface area contributed by atoms with Crippen LogP contribution in [0, 0.1) is 0 Å². The molecule has 1 unspecified atom stereocenters. The third-order valence-corrected chi connectivity index (χ3v) is 4.33. The Morgan fingerprint density at radius 3 is 2.62 bits per heavy atom. The molecule has 150 valence electrons. The fourth-order valence-corrected chi connectivity index (χ4v) is 2.94. The second kappa shape index (κ2) is 7.21. The fourth-order valence-electron chi connectivity index (χ4n) is 2.94. The largest absolute Gasteiger partial charge is 0.573 e. The lowest BCUT2D eigenvalue weighted by Gasteiger charge is -2.21. The number of nitrogens with one attached hydrogen (secondary N) is 1. The highest BCUT2D eigenvalue weighted by Crippen LogP contribution is 2.34. The summed E-state index contributed by atoms with van der Waals surface area (Å²) in [5.41, 5.74) is 3.32. The second-order valence-electron chi connectivity index (χ2n) is 6.57. The van der Waals surface area contributed by atoms with Crippen LogP contribution < -0.4 is 10.2 Å². The third kappa shape index (κ3) is 4.37.